The van der Waals surface area contributed by atoms with Crippen LogP contribution < -0.4 is 49.1 Å². The van der Waals surface area contributed by atoms with Crippen molar-refractivity contribution in [1.29, 1.82) is 0 Å². The fourth-order valence-corrected chi connectivity index (χ4v) is 11.4. The SMILES string of the molecule is Cc1cccc(Nc2nc(N[C@@H]3CCCC[C@@H]3N)nc3c2ncn3C(C)C)c1.Cc1cccc(Nc2nc(N[C@@H]3CCCC[C@H]3N)nc3c2ncn3C(C)C)c1.Cc1cccc(Nc2nc(N[C@H]3CCCC[C@@H]3N)nc3c2ncn3C(C)C)c1. The van der Waals surface area contributed by atoms with Crippen LogP contribution in [0.2, 0.25) is 0 Å². The molecular weight excluding hydrogens is 1050 g/mol. The molecule has 9 aromatic rings. The number of imidazole rings is 3. The topological polar surface area (TPSA) is 281 Å². The van der Waals surface area contributed by atoms with Crippen LogP contribution in [-0.4, -0.2) is 94.8 Å². The molecular formula is C63H87N21. The summed E-state index contributed by atoms with van der Waals surface area (Å²) >= 11 is 0. The average Bonchev–Trinajstić information content (AvgIpc) is 3.30. The Morgan fingerprint density at radius 1 is 0.393 bits per heavy atom. The van der Waals surface area contributed by atoms with E-state index in [0.717, 1.165) is 89.1 Å². The Bertz CT molecular complexity index is 3260. The van der Waals surface area contributed by atoms with Gasteiger partial charge in [0.05, 0.1) is 19.0 Å². The van der Waals surface area contributed by atoms with Gasteiger partial charge in [-0.05, 0) is 154 Å². The van der Waals surface area contributed by atoms with Crippen molar-refractivity contribution in [2.75, 3.05) is 31.9 Å². The lowest BCUT2D eigenvalue weighted by atomic mass is 9.91. The molecule has 0 spiro atoms. The molecule has 0 bridgehead atoms. The highest BCUT2D eigenvalue weighted by molar-refractivity contribution is 5.89. The highest BCUT2D eigenvalue weighted by atomic mass is 15.3. The van der Waals surface area contributed by atoms with Crippen molar-refractivity contribution in [1.82, 2.24) is 58.6 Å². The third kappa shape index (κ3) is 14.3. The average molecular weight is 1140 g/mol. The number of hydrogen-bond donors (Lipinski definition) is 9. The van der Waals surface area contributed by atoms with Crippen LogP contribution in [0.25, 0.3) is 33.5 Å². The third-order valence-electron chi connectivity index (χ3n) is 16.2. The van der Waals surface area contributed by atoms with E-state index in [4.69, 9.17) is 47.1 Å². The van der Waals surface area contributed by atoms with Crippen molar-refractivity contribution in [2.45, 2.75) is 194 Å². The predicted molar refractivity (Wildman–Crippen MR) is 342 cm³/mol. The lowest BCUT2D eigenvalue weighted by Crippen LogP contribution is -2.43. The standard InChI is InChI=1S/3C21H29N7/c3*1-13(2)28-12-23-18-19(24-15-8-6-7-14(3)11-15)26-21(27-20(18)28)25-17-10-5-4-9-16(17)22/h3*6-8,11-13,16-17H,4-5,9-10,22H2,1-3H3,(H2,24,25,26,27)/t16-,17+;2*16-,17-/m010/s1. The number of anilines is 9. The van der Waals surface area contributed by atoms with Gasteiger partial charge in [0.15, 0.2) is 50.9 Å². The van der Waals surface area contributed by atoms with Crippen LogP contribution in [0.1, 0.15) is 153 Å². The number of aromatic nitrogens is 12. The minimum Gasteiger partial charge on any atom is -0.350 e. The van der Waals surface area contributed by atoms with Crippen LogP contribution in [-0.2, 0) is 0 Å². The lowest BCUT2D eigenvalue weighted by molar-refractivity contribution is 0.402. The van der Waals surface area contributed by atoms with Gasteiger partial charge in [0, 0.05) is 71.4 Å². The molecule has 0 unspecified atom stereocenters. The predicted octanol–water partition coefficient (Wildman–Crippen LogP) is 12.4. The summed E-state index contributed by atoms with van der Waals surface area (Å²) in [5.41, 5.74) is 30.3. The molecule has 3 aromatic carbocycles. The Morgan fingerprint density at radius 3 is 0.917 bits per heavy atom. The monoisotopic (exact) mass is 1140 g/mol. The van der Waals surface area contributed by atoms with Crippen LogP contribution in [0.5, 0.6) is 0 Å². The van der Waals surface area contributed by atoms with E-state index in [-0.39, 0.29) is 54.4 Å². The van der Waals surface area contributed by atoms with Crippen molar-refractivity contribution in [3.63, 3.8) is 0 Å². The molecule has 444 valence electrons. The molecule has 3 aliphatic carbocycles. The summed E-state index contributed by atoms with van der Waals surface area (Å²) in [5.74, 6) is 3.94. The van der Waals surface area contributed by atoms with E-state index in [9.17, 15) is 0 Å². The molecule has 3 saturated carbocycles. The first-order valence-corrected chi connectivity index (χ1v) is 30.3. The molecule has 0 amide bonds. The second-order valence-electron chi connectivity index (χ2n) is 24.0. The first-order chi connectivity index (χ1) is 40.5. The molecule has 0 saturated heterocycles. The zero-order valence-electron chi connectivity index (χ0n) is 50.4. The number of nitrogens with zero attached hydrogens (tertiary/aromatic N) is 12. The first-order valence-electron chi connectivity index (χ1n) is 30.3. The molecule has 0 radical (unpaired) electrons. The van der Waals surface area contributed by atoms with Gasteiger partial charge in [0.25, 0.3) is 0 Å². The van der Waals surface area contributed by atoms with E-state index in [1.807, 2.05) is 55.4 Å². The smallest absolute Gasteiger partial charge is 0.227 e. The lowest BCUT2D eigenvalue weighted by Gasteiger charge is -2.29. The second-order valence-corrected chi connectivity index (χ2v) is 24.0. The van der Waals surface area contributed by atoms with Gasteiger partial charge in [-0.2, -0.15) is 29.9 Å². The van der Waals surface area contributed by atoms with Crippen LogP contribution in [0.15, 0.2) is 91.8 Å². The number of benzene rings is 3. The molecule has 6 aromatic heterocycles. The van der Waals surface area contributed by atoms with Gasteiger partial charge in [-0.15, -0.1) is 0 Å². The molecule has 3 fully saturated rings. The summed E-state index contributed by atoms with van der Waals surface area (Å²) in [6, 6.07) is 26.5. The van der Waals surface area contributed by atoms with E-state index in [1.165, 1.54) is 55.2 Å². The van der Waals surface area contributed by atoms with E-state index in [0.29, 0.717) is 35.3 Å². The minimum atomic E-state index is 0.135. The Hall–Kier alpha value is -8.01. The van der Waals surface area contributed by atoms with E-state index >= 15 is 0 Å². The van der Waals surface area contributed by atoms with Gasteiger partial charge >= 0.3 is 0 Å². The molecule has 21 heteroatoms. The highest BCUT2D eigenvalue weighted by Crippen LogP contribution is 2.32. The maximum absolute atomic E-state index is 6.32. The molecule has 6 heterocycles. The number of fused-ring (bicyclic) bond motifs is 3. The van der Waals surface area contributed by atoms with Gasteiger partial charge in [0.2, 0.25) is 17.8 Å². The Labute approximate surface area is 493 Å². The summed E-state index contributed by atoms with van der Waals surface area (Å²) in [4.78, 5) is 42.4. The summed E-state index contributed by atoms with van der Waals surface area (Å²) in [6.45, 7) is 19.0. The van der Waals surface area contributed by atoms with Crippen molar-refractivity contribution < 1.29 is 0 Å². The van der Waals surface area contributed by atoms with Gasteiger partial charge in [-0.3, -0.25) is 0 Å². The maximum atomic E-state index is 6.32. The number of hydrogen-bond acceptors (Lipinski definition) is 18. The summed E-state index contributed by atoms with van der Waals surface area (Å²) in [5, 5.41) is 20.8. The molecule has 21 nitrogen and oxygen atoms in total. The third-order valence-corrected chi connectivity index (χ3v) is 16.2. The van der Waals surface area contributed by atoms with E-state index < -0.39 is 0 Å². The molecule has 12 rings (SSSR count). The number of aryl methyl sites for hydroxylation is 3. The Morgan fingerprint density at radius 2 is 0.667 bits per heavy atom. The van der Waals surface area contributed by atoms with Crippen LogP contribution in [0, 0.1) is 20.8 Å². The number of rotatable bonds is 15. The van der Waals surface area contributed by atoms with Crippen molar-refractivity contribution in [2.24, 2.45) is 17.2 Å². The normalized spacial score (nSPS) is 19.9. The van der Waals surface area contributed by atoms with Gasteiger partial charge in [0.1, 0.15) is 0 Å². The fraction of sp³-hybridized carbons (Fsp3) is 0.476. The van der Waals surface area contributed by atoms with Gasteiger partial charge in [-0.1, -0.05) is 74.9 Å². The van der Waals surface area contributed by atoms with Crippen molar-refractivity contribution in [3.05, 3.63) is 108 Å². The largest absolute Gasteiger partial charge is 0.350 e. The van der Waals surface area contributed by atoms with Gasteiger partial charge < -0.3 is 62.8 Å². The Kier molecular flexibility index (Phi) is 18.8. The summed E-state index contributed by atoms with van der Waals surface area (Å²) < 4.78 is 6.22. The van der Waals surface area contributed by atoms with Crippen molar-refractivity contribution in [3.8, 4) is 0 Å². The molecule has 3 aliphatic rings. The number of nitrogens with one attached hydrogen (secondary N) is 6. The molecule has 0 aliphatic heterocycles. The van der Waals surface area contributed by atoms with Crippen molar-refractivity contribution >= 4 is 85.9 Å². The maximum Gasteiger partial charge on any atom is 0.227 e. The Balaban J connectivity index is 0.000000140. The zero-order chi connectivity index (χ0) is 59.0. The summed E-state index contributed by atoms with van der Waals surface area (Å²) in [7, 11) is 0. The molecule has 12 N–H and O–H groups in total. The highest BCUT2D eigenvalue weighted by Gasteiger charge is 2.27. The van der Waals surface area contributed by atoms with Crippen LogP contribution in [0.3, 0.4) is 0 Å². The first kappa shape index (κ1) is 59.2. The van der Waals surface area contributed by atoms with Crippen LogP contribution in [0.4, 0.5) is 52.4 Å². The van der Waals surface area contributed by atoms with Gasteiger partial charge in [-0.25, -0.2) is 15.0 Å². The van der Waals surface area contributed by atoms with E-state index in [1.54, 1.807) is 0 Å². The minimum absolute atomic E-state index is 0.135. The summed E-state index contributed by atoms with van der Waals surface area (Å²) in [6.07, 6.45) is 18.9. The fourth-order valence-electron chi connectivity index (χ4n) is 11.4. The molecule has 84 heavy (non-hydrogen) atoms. The zero-order valence-corrected chi connectivity index (χ0v) is 50.4. The van der Waals surface area contributed by atoms with Crippen LogP contribution >= 0.6 is 0 Å². The number of nitrogens with two attached hydrogens (primary N) is 3. The molecule has 6 atom stereocenters. The second kappa shape index (κ2) is 26.7. The van der Waals surface area contributed by atoms with E-state index in [2.05, 4.69) is 159 Å². The quantitative estimate of drug-likeness (QED) is 0.0461.